The van der Waals surface area contributed by atoms with Gasteiger partial charge in [0.15, 0.2) is 0 Å². The summed E-state index contributed by atoms with van der Waals surface area (Å²) in [6, 6.07) is 6.32. The normalized spacial score (nSPS) is 11.5. The van der Waals surface area contributed by atoms with Crippen LogP contribution in [-0.4, -0.2) is 22.6 Å². The second-order valence-corrected chi connectivity index (χ2v) is 4.80. The van der Waals surface area contributed by atoms with Gasteiger partial charge in [-0.3, -0.25) is 0 Å². The van der Waals surface area contributed by atoms with Gasteiger partial charge >= 0.3 is 11.9 Å². The molecule has 1 N–H and O–H groups in total. The van der Waals surface area contributed by atoms with Crippen molar-refractivity contribution in [1.82, 2.24) is 0 Å². The van der Waals surface area contributed by atoms with Crippen LogP contribution >= 0.6 is 0 Å². The molecule has 0 heterocycles. The zero-order valence-electron chi connectivity index (χ0n) is 10.6. The van der Waals surface area contributed by atoms with E-state index in [4.69, 9.17) is 9.84 Å². The highest BCUT2D eigenvalue weighted by atomic mass is 16.6. The van der Waals surface area contributed by atoms with Gasteiger partial charge in [0.2, 0.25) is 0 Å². The van der Waals surface area contributed by atoms with E-state index >= 15 is 0 Å². The number of hydrogen-bond donors (Lipinski definition) is 1. The van der Waals surface area contributed by atoms with Crippen LogP contribution in [0.25, 0.3) is 6.08 Å². The number of benzene rings is 1. The van der Waals surface area contributed by atoms with E-state index < -0.39 is 17.5 Å². The van der Waals surface area contributed by atoms with E-state index in [1.807, 2.05) is 0 Å². The first-order valence-electron chi connectivity index (χ1n) is 5.52. The lowest BCUT2D eigenvalue weighted by atomic mass is 10.1. The van der Waals surface area contributed by atoms with E-state index in [0.717, 1.165) is 0 Å². The van der Waals surface area contributed by atoms with Crippen molar-refractivity contribution in [3.8, 4) is 0 Å². The monoisotopic (exact) mass is 248 g/mol. The van der Waals surface area contributed by atoms with Crippen LogP contribution in [0, 0.1) is 0 Å². The Hall–Kier alpha value is -2.10. The number of aromatic carboxylic acids is 1. The number of ether oxygens (including phenoxy) is 1. The van der Waals surface area contributed by atoms with Crippen LogP contribution < -0.4 is 0 Å². The summed E-state index contributed by atoms with van der Waals surface area (Å²) in [6.45, 7) is 5.34. The van der Waals surface area contributed by atoms with Crippen molar-refractivity contribution in [1.29, 1.82) is 0 Å². The lowest BCUT2D eigenvalue weighted by Crippen LogP contribution is -2.22. The van der Waals surface area contributed by atoms with E-state index in [1.54, 1.807) is 32.9 Å². The molecular formula is C14H16O4. The minimum Gasteiger partial charge on any atom is -0.478 e. The van der Waals surface area contributed by atoms with Crippen molar-refractivity contribution in [3.05, 3.63) is 41.5 Å². The van der Waals surface area contributed by atoms with Gasteiger partial charge in [-0.15, -0.1) is 0 Å². The van der Waals surface area contributed by atoms with Crippen molar-refractivity contribution in [3.63, 3.8) is 0 Å². The molecule has 0 aromatic heterocycles. The molecule has 4 heteroatoms. The molecule has 0 unspecified atom stereocenters. The smallest absolute Gasteiger partial charge is 0.335 e. The van der Waals surface area contributed by atoms with Crippen LogP contribution in [0.3, 0.4) is 0 Å². The van der Waals surface area contributed by atoms with Gasteiger partial charge in [-0.1, -0.05) is 12.1 Å². The fourth-order valence-electron chi connectivity index (χ4n) is 1.28. The Balaban J connectivity index is 2.76. The van der Waals surface area contributed by atoms with Crippen molar-refractivity contribution in [2.24, 2.45) is 0 Å². The molecule has 0 bridgehead atoms. The van der Waals surface area contributed by atoms with E-state index in [2.05, 4.69) is 0 Å². The largest absolute Gasteiger partial charge is 0.478 e. The number of esters is 1. The molecule has 0 spiro atoms. The molecule has 18 heavy (non-hydrogen) atoms. The van der Waals surface area contributed by atoms with Gasteiger partial charge in [-0.05, 0) is 44.5 Å². The van der Waals surface area contributed by atoms with Gasteiger partial charge in [0.05, 0.1) is 5.56 Å². The average molecular weight is 248 g/mol. The number of carboxylic acid groups (broad SMARTS) is 1. The maximum Gasteiger partial charge on any atom is 0.335 e. The number of rotatable bonds is 3. The van der Waals surface area contributed by atoms with Gasteiger partial charge < -0.3 is 9.84 Å². The molecule has 4 nitrogen and oxygen atoms in total. The molecule has 96 valence electrons. The SMILES string of the molecule is CC(C)(C)OC(=O)/C=C/c1cccc(C(=O)O)c1. The van der Waals surface area contributed by atoms with Crippen molar-refractivity contribution in [2.75, 3.05) is 0 Å². The molecule has 1 rings (SSSR count). The lowest BCUT2D eigenvalue weighted by molar-refractivity contribution is -0.148. The molecule has 0 saturated carbocycles. The minimum absolute atomic E-state index is 0.182. The third kappa shape index (κ3) is 4.82. The van der Waals surface area contributed by atoms with Crippen LogP contribution in [0.4, 0.5) is 0 Å². The van der Waals surface area contributed by atoms with Crippen molar-refractivity contribution >= 4 is 18.0 Å². The average Bonchev–Trinajstić information content (AvgIpc) is 2.24. The van der Waals surface area contributed by atoms with Gasteiger partial charge in [-0.2, -0.15) is 0 Å². The second kappa shape index (κ2) is 5.49. The maximum atomic E-state index is 11.4. The highest BCUT2D eigenvalue weighted by Gasteiger charge is 2.13. The van der Waals surface area contributed by atoms with Crippen LogP contribution in [-0.2, 0) is 9.53 Å². The van der Waals surface area contributed by atoms with Gasteiger partial charge in [-0.25, -0.2) is 9.59 Å². The predicted octanol–water partition coefficient (Wildman–Crippen LogP) is 2.74. The van der Waals surface area contributed by atoms with Gasteiger partial charge in [0.25, 0.3) is 0 Å². The third-order valence-electron chi connectivity index (χ3n) is 1.95. The van der Waals surface area contributed by atoms with Gasteiger partial charge in [0, 0.05) is 6.08 Å². The predicted molar refractivity (Wildman–Crippen MR) is 68.3 cm³/mol. The number of hydrogen-bond acceptors (Lipinski definition) is 3. The molecule has 1 aromatic carbocycles. The standard InChI is InChI=1S/C14H16O4/c1-14(2,3)18-12(15)8-7-10-5-4-6-11(9-10)13(16)17/h4-9H,1-3H3,(H,16,17)/b8-7+. The highest BCUT2D eigenvalue weighted by Crippen LogP contribution is 2.10. The first-order chi connectivity index (χ1) is 8.28. The van der Waals surface area contributed by atoms with Crippen LogP contribution in [0.15, 0.2) is 30.3 Å². The summed E-state index contributed by atoms with van der Waals surface area (Å²) in [5.41, 5.74) is 0.284. The Bertz CT molecular complexity index is 481. The zero-order chi connectivity index (χ0) is 13.8. The fraction of sp³-hybridized carbons (Fsp3) is 0.286. The second-order valence-electron chi connectivity index (χ2n) is 4.80. The summed E-state index contributed by atoms with van der Waals surface area (Å²) in [4.78, 5) is 22.2. The molecule has 1 aromatic rings. The molecule has 0 fully saturated rings. The van der Waals surface area contributed by atoms with E-state index in [9.17, 15) is 9.59 Å². The van der Waals surface area contributed by atoms with Gasteiger partial charge in [0.1, 0.15) is 5.60 Å². The number of carbonyl (C=O) groups is 2. The molecule has 0 aliphatic heterocycles. The molecular weight excluding hydrogens is 232 g/mol. The quantitative estimate of drug-likeness (QED) is 0.660. The molecule has 0 atom stereocenters. The number of carbonyl (C=O) groups excluding carboxylic acids is 1. The highest BCUT2D eigenvalue weighted by molar-refractivity contribution is 5.90. The van der Waals surface area contributed by atoms with Crippen molar-refractivity contribution < 1.29 is 19.4 Å². The summed E-state index contributed by atoms with van der Waals surface area (Å²) in [5, 5.41) is 8.82. The molecule has 0 aliphatic carbocycles. The minimum atomic E-state index is -0.998. The van der Waals surface area contributed by atoms with Crippen molar-refractivity contribution in [2.45, 2.75) is 26.4 Å². The Morgan fingerprint density at radius 1 is 1.28 bits per heavy atom. The Morgan fingerprint density at radius 2 is 1.94 bits per heavy atom. The van der Waals surface area contributed by atoms with Crippen LogP contribution in [0.2, 0.25) is 0 Å². The van der Waals surface area contributed by atoms with E-state index in [0.29, 0.717) is 5.56 Å². The molecule has 0 aliphatic rings. The van der Waals surface area contributed by atoms with Crippen LogP contribution in [0.5, 0.6) is 0 Å². The van der Waals surface area contributed by atoms with Crippen LogP contribution in [0.1, 0.15) is 36.7 Å². The maximum absolute atomic E-state index is 11.4. The first kappa shape index (κ1) is 14.0. The summed E-state index contributed by atoms with van der Waals surface area (Å²) < 4.78 is 5.10. The summed E-state index contributed by atoms with van der Waals surface area (Å²) in [7, 11) is 0. The Kier molecular flexibility index (Phi) is 4.26. The Labute approximate surface area is 106 Å². The summed E-state index contributed by atoms with van der Waals surface area (Å²) in [5.74, 6) is -1.45. The molecule has 0 radical (unpaired) electrons. The summed E-state index contributed by atoms with van der Waals surface area (Å²) in [6.07, 6.45) is 2.81. The number of carboxylic acids is 1. The Morgan fingerprint density at radius 3 is 2.50 bits per heavy atom. The third-order valence-corrected chi connectivity index (χ3v) is 1.95. The topological polar surface area (TPSA) is 63.6 Å². The molecule has 0 amide bonds. The first-order valence-corrected chi connectivity index (χ1v) is 5.52. The zero-order valence-corrected chi connectivity index (χ0v) is 10.6. The fourth-order valence-corrected chi connectivity index (χ4v) is 1.28. The summed E-state index contributed by atoms with van der Waals surface area (Å²) >= 11 is 0. The molecule has 0 saturated heterocycles. The van der Waals surface area contributed by atoms with E-state index in [1.165, 1.54) is 24.3 Å². The van der Waals surface area contributed by atoms with E-state index in [-0.39, 0.29) is 5.56 Å². The lowest BCUT2D eigenvalue weighted by Gasteiger charge is -2.17.